The summed E-state index contributed by atoms with van der Waals surface area (Å²) >= 11 is 0. The summed E-state index contributed by atoms with van der Waals surface area (Å²) in [7, 11) is 2.93. The van der Waals surface area contributed by atoms with Gasteiger partial charge in [-0.2, -0.15) is 5.10 Å². The molecule has 3 aromatic carbocycles. The van der Waals surface area contributed by atoms with Crippen molar-refractivity contribution in [1.29, 1.82) is 0 Å². The maximum absolute atomic E-state index is 12.3. The van der Waals surface area contributed by atoms with Gasteiger partial charge in [0.2, 0.25) is 0 Å². The summed E-state index contributed by atoms with van der Waals surface area (Å²) in [5, 5.41) is 17.0. The van der Waals surface area contributed by atoms with E-state index in [9.17, 15) is 24.5 Å². The van der Waals surface area contributed by atoms with Crippen molar-refractivity contribution in [3.63, 3.8) is 0 Å². The zero-order valence-corrected chi connectivity index (χ0v) is 19.8. The van der Waals surface area contributed by atoms with Gasteiger partial charge in [-0.1, -0.05) is 0 Å². The lowest BCUT2D eigenvalue weighted by Gasteiger charge is -2.09. The van der Waals surface area contributed by atoms with Crippen molar-refractivity contribution in [2.24, 2.45) is 5.10 Å². The number of ether oxygens (including phenoxy) is 3. The van der Waals surface area contributed by atoms with E-state index in [0.29, 0.717) is 22.6 Å². The Morgan fingerprint density at radius 2 is 1.57 bits per heavy atom. The monoisotopic (exact) mass is 506 g/mol. The molecule has 0 saturated carbocycles. The second-order valence-corrected chi connectivity index (χ2v) is 7.31. The van der Waals surface area contributed by atoms with Gasteiger partial charge in [0.15, 0.2) is 11.5 Å². The molecule has 0 saturated heterocycles. The van der Waals surface area contributed by atoms with E-state index in [1.54, 1.807) is 24.3 Å². The molecule has 12 heteroatoms. The molecular weight excluding hydrogens is 484 g/mol. The van der Waals surface area contributed by atoms with Crippen LogP contribution in [0.4, 0.5) is 5.69 Å². The lowest BCUT2D eigenvalue weighted by molar-refractivity contribution is -0.384. The van der Waals surface area contributed by atoms with Crippen LogP contribution >= 0.6 is 0 Å². The van der Waals surface area contributed by atoms with Gasteiger partial charge >= 0.3 is 5.97 Å². The number of hydrogen-bond donors (Lipinski definition) is 2. The standard InChI is InChI=1S/C25H22N4O8/c1-35-21-12-7-18(13-22(21)36-2)24(31)26-15-23(30)28-27-14-16-3-10-20(11-4-16)37-25(32)17-5-8-19(9-6-17)29(33)34/h3-14H,15H2,1-2H3,(H,26,31)(H,28,30). The van der Waals surface area contributed by atoms with Gasteiger partial charge in [0, 0.05) is 17.7 Å². The second-order valence-electron chi connectivity index (χ2n) is 7.31. The first-order valence-electron chi connectivity index (χ1n) is 10.7. The van der Waals surface area contributed by atoms with Crippen LogP contribution in [0.15, 0.2) is 71.8 Å². The first kappa shape index (κ1) is 26.3. The van der Waals surface area contributed by atoms with E-state index < -0.39 is 22.7 Å². The zero-order chi connectivity index (χ0) is 26.8. The smallest absolute Gasteiger partial charge is 0.343 e. The summed E-state index contributed by atoms with van der Waals surface area (Å²) in [6, 6.07) is 15.9. The van der Waals surface area contributed by atoms with Gasteiger partial charge in [-0.05, 0) is 60.2 Å². The van der Waals surface area contributed by atoms with Crippen molar-refractivity contribution in [3.05, 3.63) is 93.5 Å². The van der Waals surface area contributed by atoms with Crippen LogP contribution in [-0.2, 0) is 4.79 Å². The number of nitrogens with one attached hydrogen (secondary N) is 2. The Labute approximate surface area is 211 Å². The van der Waals surface area contributed by atoms with Gasteiger partial charge in [-0.3, -0.25) is 19.7 Å². The SMILES string of the molecule is COc1ccc(C(=O)NCC(=O)NN=Cc2ccc(OC(=O)c3ccc([N+](=O)[O-])cc3)cc2)cc1OC. The predicted molar refractivity (Wildman–Crippen MR) is 132 cm³/mol. The molecule has 0 aliphatic rings. The molecule has 0 unspecified atom stereocenters. The lowest BCUT2D eigenvalue weighted by atomic mass is 10.2. The predicted octanol–water partition coefficient (Wildman–Crippen LogP) is 2.71. The van der Waals surface area contributed by atoms with Gasteiger partial charge in [0.05, 0.1) is 37.5 Å². The summed E-state index contributed by atoms with van der Waals surface area (Å²) < 4.78 is 15.5. The van der Waals surface area contributed by atoms with Gasteiger partial charge < -0.3 is 19.5 Å². The Hall–Kier alpha value is -5.26. The minimum Gasteiger partial charge on any atom is -0.493 e. The number of esters is 1. The molecular formula is C25H22N4O8. The average molecular weight is 506 g/mol. The van der Waals surface area contributed by atoms with Crippen molar-refractivity contribution in [2.45, 2.75) is 0 Å². The molecule has 0 fully saturated rings. The minimum absolute atomic E-state index is 0.132. The summed E-state index contributed by atoms with van der Waals surface area (Å²) in [6.07, 6.45) is 1.37. The number of nitro benzene ring substituents is 1. The van der Waals surface area contributed by atoms with Crippen LogP contribution in [0.1, 0.15) is 26.3 Å². The molecule has 0 aliphatic carbocycles. The number of non-ortho nitro benzene ring substituents is 1. The van der Waals surface area contributed by atoms with Crippen LogP contribution < -0.4 is 25.0 Å². The Morgan fingerprint density at radius 1 is 0.919 bits per heavy atom. The zero-order valence-electron chi connectivity index (χ0n) is 19.8. The van der Waals surface area contributed by atoms with E-state index in [4.69, 9.17) is 14.2 Å². The minimum atomic E-state index is -0.668. The van der Waals surface area contributed by atoms with Gasteiger partial charge in [0.25, 0.3) is 17.5 Å². The van der Waals surface area contributed by atoms with E-state index in [-0.39, 0.29) is 23.5 Å². The highest BCUT2D eigenvalue weighted by Gasteiger charge is 2.13. The highest BCUT2D eigenvalue weighted by atomic mass is 16.6. The third-order valence-electron chi connectivity index (χ3n) is 4.86. The van der Waals surface area contributed by atoms with Crippen LogP contribution in [0.2, 0.25) is 0 Å². The van der Waals surface area contributed by atoms with Crippen molar-refractivity contribution in [2.75, 3.05) is 20.8 Å². The van der Waals surface area contributed by atoms with Crippen LogP contribution in [0.3, 0.4) is 0 Å². The molecule has 2 amide bonds. The summed E-state index contributed by atoms with van der Waals surface area (Å²) in [5.74, 6) is -0.572. The fourth-order valence-corrected chi connectivity index (χ4v) is 2.97. The van der Waals surface area contributed by atoms with Crippen LogP contribution in [0, 0.1) is 10.1 Å². The maximum atomic E-state index is 12.3. The number of nitro groups is 1. The first-order valence-corrected chi connectivity index (χ1v) is 10.7. The van der Waals surface area contributed by atoms with E-state index in [1.165, 1.54) is 62.9 Å². The largest absolute Gasteiger partial charge is 0.493 e. The fraction of sp³-hybridized carbons (Fsp3) is 0.120. The maximum Gasteiger partial charge on any atom is 0.343 e. The highest BCUT2D eigenvalue weighted by molar-refractivity contribution is 5.97. The van der Waals surface area contributed by atoms with Crippen molar-refractivity contribution >= 4 is 29.7 Å². The van der Waals surface area contributed by atoms with Gasteiger partial charge in [-0.15, -0.1) is 0 Å². The number of nitrogens with zero attached hydrogens (tertiary/aromatic N) is 2. The van der Waals surface area contributed by atoms with Crippen LogP contribution in [0.25, 0.3) is 0 Å². The molecule has 0 atom stereocenters. The lowest BCUT2D eigenvalue weighted by Crippen LogP contribution is -2.34. The number of amides is 2. The Balaban J connectivity index is 1.46. The number of rotatable bonds is 10. The van der Waals surface area contributed by atoms with E-state index in [0.717, 1.165) is 0 Å². The Morgan fingerprint density at radius 3 is 2.19 bits per heavy atom. The molecule has 0 bridgehead atoms. The quantitative estimate of drug-likeness (QED) is 0.140. The van der Waals surface area contributed by atoms with E-state index in [1.807, 2.05) is 0 Å². The molecule has 0 heterocycles. The molecule has 2 N–H and O–H groups in total. The average Bonchev–Trinajstić information content (AvgIpc) is 2.92. The summed E-state index contributed by atoms with van der Waals surface area (Å²) in [4.78, 5) is 46.6. The summed E-state index contributed by atoms with van der Waals surface area (Å²) in [6.45, 7) is -0.304. The van der Waals surface area contributed by atoms with Crippen molar-refractivity contribution < 1.29 is 33.5 Å². The summed E-state index contributed by atoms with van der Waals surface area (Å²) in [5.41, 5.74) is 3.23. The molecule has 3 rings (SSSR count). The third-order valence-corrected chi connectivity index (χ3v) is 4.86. The Kier molecular flexibility index (Phi) is 8.86. The number of methoxy groups -OCH3 is 2. The Bertz CT molecular complexity index is 1320. The third kappa shape index (κ3) is 7.36. The number of benzene rings is 3. The second kappa shape index (κ2) is 12.4. The topological polar surface area (TPSA) is 158 Å². The van der Waals surface area contributed by atoms with Crippen LogP contribution in [0.5, 0.6) is 17.2 Å². The number of hydrazone groups is 1. The molecule has 0 spiro atoms. The van der Waals surface area contributed by atoms with E-state index in [2.05, 4.69) is 15.8 Å². The first-order chi connectivity index (χ1) is 17.8. The molecule has 3 aromatic rings. The van der Waals surface area contributed by atoms with Crippen molar-refractivity contribution in [1.82, 2.24) is 10.7 Å². The van der Waals surface area contributed by atoms with E-state index >= 15 is 0 Å². The van der Waals surface area contributed by atoms with Gasteiger partial charge in [-0.25, -0.2) is 10.2 Å². The van der Waals surface area contributed by atoms with Crippen LogP contribution in [-0.4, -0.2) is 49.7 Å². The molecule has 0 radical (unpaired) electrons. The number of hydrogen-bond acceptors (Lipinski definition) is 9. The number of carbonyl (C=O) groups excluding carboxylic acids is 3. The van der Waals surface area contributed by atoms with Crippen molar-refractivity contribution in [3.8, 4) is 17.2 Å². The fourth-order valence-electron chi connectivity index (χ4n) is 2.97. The highest BCUT2D eigenvalue weighted by Crippen LogP contribution is 2.27. The molecule has 190 valence electrons. The normalized spacial score (nSPS) is 10.4. The number of carbonyl (C=O) groups is 3. The molecule has 0 aliphatic heterocycles. The molecule has 12 nitrogen and oxygen atoms in total. The van der Waals surface area contributed by atoms with Gasteiger partial charge in [0.1, 0.15) is 5.75 Å². The molecule has 0 aromatic heterocycles. The molecule has 37 heavy (non-hydrogen) atoms.